The molecule has 0 saturated carbocycles. The van der Waals surface area contributed by atoms with Gasteiger partial charge < -0.3 is 19.5 Å². The molecule has 134 valence electrons. The third-order valence-electron chi connectivity index (χ3n) is 3.60. The zero-order valence-corrected chi connectivity index (χ0v) is 14.8. The van der Waals surface area contributed by atoms with Gasteiger partial charge in [-0.3, -0.25) is 5.43 Å². The first-order valence-electron chi connectivity index (χ1n) is 7.79. The van der Waals surface area contributed by atoms with Gasteiger partial charge in [-0.25, -0.2) is 4.79 Å². The standard InChI is InChI=1S/C18H17N3O4S/c1-23-17(22)14-5-2-12(3-6-14)10-20-21-18(26)19-9-13-4-7-15-16(8-13)25-11-24-15/h2-8,10H,9,11H2,1H3,(H2,19,21,26)/b20-10-. The van der Waals surface area contributed by atoms with E-state index in [0.29, 0.717) is 17.2 Å². The van der Waals surface area contributed by atoms with E-state index < -0.39 is 0 Å². The van der Waals surface area contributed by atoms with Crippen molar-refractivity contribution in [3.63, 3.8) is 0 Å². The van der Waals surface area contributed by atoms with Gasteiger partial charge in [0.05, 0.1) is 18.9 Å². The van der Waals surface area contributed by atoms with E-state index in [2.05, 4.69) is 20.6 Å². The normalized spacial score (nSPS) is 12.0. The molecule has 1 aliphatic rings. The Hall–Kier alpha value is -3.13. The van der Waals surface area contributed by atoms with Crippen molar-refractivity contribution < 1.29 is 19.0 Å². The van der Waals surface area contributed by atoms with Crippen molar-refractivity contribution in [1.29, 1.82) is 0 Å². The molecule has 0 aromatic heterocycles. The number of rotatable bonds is 5. The van der Waals surface area contributed by atoms with Crippen LogP contribution < -0.4 is 20.2 Å². The Morgan fingerprint density at radius 3 is 2.77 bits per heavy atom. The van der Waals surface area contributed by atoms with Gasteiger partial charge in [0, 0.05) is 6.54 Å². The van der Waals surface area contributed by atoms with Crippen molar-refractivity contribution in [2.24, 2.45) is 5.10 Å². The molecule has 0 aliphatic carbocycles. The minimum absolute atomic E-state index is 0.251. The fourth-order valence-corrected chi connectivity index (χ4v) is 2.39. The number of hydrogen-bond donors (Lipinski definition) is 2. The first-order valence-corrected chi connectivity index (χ1v) is 8.20. The third kappa shape index (κ3) is 4.48. The van der Waals surface area contributed by atoms with E-state index in [1.54, 1.807) is 30.5 Å². The number of nitrogens with one attached hydrogen (secondary N) is 2. The number of esters is 1. The van der Waals surface area contributed by atoms with Gasteiger partial charge >= 0.3 is 5.97 Å². The first-order chi connectivity index (χ1) is 12.7. The van der Waals surface area contributed by atoms with Gasteiger partial charge in [-0.2, -0.15) is 5.10 Å². The van der Waals surface area contributed by atoms with Crippen LogP contribution in [-0.4, -0.2) is 31.2 Å². The van der Waals surface area contributed by atoms with E-state index in [1.165, 1.54) is 7.11 Å². The largest absolute Gasteiger partial charge is 0.465 e. The van der Waals surface area contributed by atoms with Crippen molar-refractivity contribution in [2.45, 2.75) is 6.54 Å². The van der Waals surface area contributed by atoms with Crippen LogP contribution in [0, 0.1) is 0 Å². The second-order valence-corrected chi connectivity index (χ2v) is 5.76. The van der Waals surface area contributed by atoms with Crippen LogP contribution in [0.2, 0.25) is 0 Å². The maximum absolute atomic E-state index is 11.4. The number of methoxy groups -OCH3 is 1. The molecule has 3 rings (SSSR count). The van der Waals surface area contributed by atoms with Gasteiger partial charge in [-0.1, -0.05) is 18.2 Å². The molecule has 0 saturated heterocycles. The summed E-state index contributed by atoms with van der Waals surface area (Å²) in [6, 6.07) is 12.6. The molecule has 2 aromatic carbocycles. The average molecular weight is 371 g/mol. The molecule has 1 heterocycles. The van der Waals surface area contributed by atoms with Crippen LogP contribution in [0.15, 0.2) is 47.6 Å². The maximum Gasteiger partial charge on any atom is 0.337 e. The highest BCUT2D eigenvalue weighted by Crippen LogP contribution is 2.32. The fourth-order valence-electron chi connectivity index (χ4n) is 2.26. The highest BCUT2D eigenvalue weighted by atomic mass is 32.1. The van der Waals surface area contributed by atoms with Crippen molar-refractivity contribution in [3.8, 4) is 11.5 Å². The summed E-state index contributed by atoms with van der Waals surface area (Å²) in [6.45, 7) is 0.785. The number of hydrogen-bond acceptors (Lipinski definition) is 6. The van der Waals surface area contributed by atoms with Crippen molar-refractivity contribution in [1.82, 2.24) is 10.7 Å². The Bertz CT molecular complexity index is 837. The maximum atomic E-state index is 11.4. The lowest BCUT2D eigenvalue weighted by molar-refractivity contribution is 0.0600. The predicted molar refractivity (Wildman–Crippen MR) is 101 cm³/mol. The van der Waals surface area contributed by atoms with E-state index >= 15 is 0 Å². The molecule has 0 fully saturated rings. The molecule has 2 aromatic rings. The second-order valence-electron chi connectivity index (χ2n) is 5.35. The van der Waals surface area contributed by atoms with Crippen molar-refractivity contribution >= 4 is 29.5 Å². The van der Waals surface area contributed by atoms with Gasteiger partial charge in [0.15, 0.2) is 16.6 Å². The summed E-state index contributed by atoms with van der Waals surface area (Å²) in [4.78, 5) is 11.4. The molecule has 7 nitrogen and oxygen atoms in total. The van der Waals surface area contributed by atoms with Crippen molar-refractivity contribution in [2.75, 3.05) is 13.9 Å². The Labute approximate surface area is 155 Å². The van der Waals surface area contributed by atoms with Gasteiger partial charge in [0.1, 0.15) is 0 Å². The van der Waals surface area contributed by atoms with Gasteiger partial charge in [0.2, 0.25) is 6.79 Å². The van der Waals surface area contributed by atoms with Crippen LogP contribution in [0.5, 0.6) is 11.5 Å². The molecule has 1 aliphatic heterocycles. The number of carbonyl (C=O) groups is 1. The van der Waals surface area contributed by atoms with E-state index in [9.17, 15) is 4.79 Å². The number of benzene rings is 2. The molecular formula is C18H17N3O4S. The number of nitrogens with zero attached hydrogens (tertiary/aromatic N) is 1. The molecule has 26 heavy (non-hydrogen) atoms. The van der Waals surface area contributed by atoms with Gasteiger partial charge in [0.25, 0.3) is 0 Å². The number of ether oxygens (including phenoxy) is 3. The van der Waals surface area contributed by atoms with Crippen LogP contribution in [0.1, 0.15) is 21.5 Å². The summed E-state index contributed by atoms with van der Waals surface area (Å²) >= 11 is 5.19. The minimum Gasteiger partial charge on any atom is -0.465 e. The third-order valence-corrected chi connectivity index (χ3v) is 3.84. The quantitative estimate of drug-likeness (QED) is 0.361. The molecule has 0 atom stereocenters. The SMILES string of the molecule is COC(=O)c1ccc(/C=N\NC(=S)NCc2ccc3c(c2)OCO3)cc1. The van der Waals surface area contributed by atoms with E-state index in [1.807, 2.05) is 18.2 Å². The molecule has 0 bridgehead atoms. The van der Waals surface area contributed by atoms with Crippen LogP contribution >= 0.6 is 12.2 Å². The Kier molecular flexibility index (Phi) is 5.65. The Morgan fingerprint density at radius 2 is 2.00 bits per heavy atom. The number of carbonyl (C=O) groups excluding carboxylic acids is 1. The summed E-state index contributed by atoms with van der Waals surface area (Å²) in [7, 11) is 1.35. The monoisotopic (exact) mass is 371 g/mol. The minimum atomic E-state index is -0.375. The molecule has 0 unspecified atom stereocenters. The van der Waals surface area contributed by atoms with Crippen molar-refractivity contribution in [3.05, 3.63) is 59.2 Å². The van der Waals surface area contributed by atoms with Crippen LogP contribution in [0.3, 0.4) is 0 Å². The number of thiocarbonyl (C=S) groups is 1. The second kappa shape index (κ2) is 8.30. The molecule has 0 spiro atoms. The number of fused-ring (bicyclic) bond motifs is 1. The van der Waals surface area contributed by atoms with Gasteiger partial charge in [-0.05, 0) is 47.6 Å². The molecule has 0 amide bonds. The summed E-state index contributed by atoms with van der Waals surface area (Å²) < 4.78 is 15.3. The Morgan fingerprint density at radius 1 is 1.23 bits per heavy atom. The fraction of sp³-hybridized carbons (Fsp3) is 0.167. The topological polar surface area (TPSA) is 81.2 Å². The van der Waals surface area contributed by atoms with E-state index in [0.717, 1.165) is 22.6 Å². The summed E-state index contributed by atoms with van der Waals surface area (Å²) in [5, 5.41) is 7.52. The number of hydrazone groups is 1. The molecule has 8 heteroatoms. The van der Waals surface area contributed by atoms with E-state index in [-0.39, 0.29) is 12.8 Å². The van der Waals surface area contributed by atoms with Crippen LogP contribution in [0.25, 0.3) is 0 Å². The van der Waals surface area contributed by atoms with E-state index in [4.69, 9.17) is 21.7 Å². The van der Waals surface area contributed by atoms with Crippen LogP contribution in [0.4, 0.5) is 0 Å². The zero-order valence-electron chi connectivity index (χ0n) is 14.0. The molecule has 0 radical (unpaired) electrons. The van der Waals surface area contributed by atoms with Crippen LogP contribution in [-0.2, 0) is 11.3 Å². The highest BCUT2D eigenvalue weighted by molar-refractivity contribution is 7.80. The van der Waals surface area contributed by atoms with Gasteiger partial charge in [-0.15, -0.1) is 0 Å². The summed E-state index contributed by atoms with van der Waals surface area (Å²) in [6.07, 6.45) is 1.61. The summed E-state index contributed by atoms with van der Waals surface area (Å²) in [5.41, 5.74) is 5.07. The molecule has 2 N–H and O–H groups in total. The summed E-state index contributed by atoms with van der Waals surface area (Å²) in [5.74, 6) is 1.11. The predicted octanol–water partition coefficient (Wildman–Crippen LogP) is 2.20. The Balaban J connectivity index is 1.46. The lowest BCUT2D eigenvalue weighted by Crippen LogP contribution is -2.31. The zero-order chi connectivity index (χ0) is 18.4. The average Bonchev–Trinajstić information content (AvgIpc) is 3.14. The lowest BCUT2D eigenvalue weighted by atomic mass is 10.1. The lowest BCUT2D eigenvalue weighted by Gasteiger charge is -2.07. The highest BCUT2D eigenvalue weighted by Gasteiger charge is 2.13. The first kappa shape index (κ1) is 17.7. The molecular weight excluding hydrogens is 354 g/mol. The smallest absolute Gasteiger partial charge is 0.337 e.